The summed E-state index contributed by atoms with van der Waals surface area (Å²) in [7, 11) is 0. The predicted molar refractivity (Wildman–Crippen MR) is 97.0 cm³/mol. The highest BCUT2D eigenvalue weighted by Gasteiger charge is 2.24. The number of piperazine rings is 1. The summed E-state index contributed by atoms with van der Waals surface area (Å²) in [6, 6.07) is 9.42. The minimum Gasteiger partial charge on any atom is -0.450 e. The molecule has 0 atom stereocenters. The van der Waals surface area contributed by atoms with Gasteiger partial charge in [0.1, 0.15) is 0 Å². The number of rotatable bonds is 4. The van der Waals surface area contributed by atoms with Crippen molar-refractivity contribution in [2.75, 3.05) is 38.1 Å². The Hall–Kier alpha value is -3.03. The molecule has 0 spiro atoms. The van der Waals surface area contributed by atoms with Crippen molar-refractivity contribution in [3.63, 3.8) is 0 Å². The third-order valence-corrected chi connectivity index (χ3v) is 4.20. The van der Waals surface area contributed by atoms with E-state index in [4.69, 9.17) is 4.74 Å². The maximum Gasteiger partial charge on any atom is 0.409 e. The van der Waals surface area contributed by atoms with E-state index in [-0.39, 0.29) is 12.1 Å². The summed E-state index contributed by atoms with van der Waals surface area (Å²) >= 11 is 0. The van der Waals surface area contributed by atoms with E-state index in [1.54, 1.807) is 22.9 Å². The largest absolute Gasteiger partial charge is 0.450 e. The molecule has 0 saturated carbocycles. The first-order chi connectivity index (χ1) is 12.7. The molecule has 2 heterocycles. The molecule has 1 fully saturated rings. The number of benzene rings is 1. The van der Waals surface area contributed by atoms with Gasteiger partial charge >= 0.3 is 12.1 Å². The lowest BCUT2D eigenvalue weighted by atomic mass is 10.2. The highest BCUT2D eigenvalue weighted by atomic mass is 16.6. The van der Waals surface area contributed by atoms with Crippen LogP contribution in [-0.4, -0.2) is 64.5 Å². The second kappa shape index (κ2) is 8.37. The van der Waals surface area contributed by atoms with Crippen molar-refractivity contribution in [2.45, 2.75) is 13.5 Å². The summed E-state index contributed by atoms with van der Waals surface area (Å²) in [5.74, 6) is 0. The molecule has 3 amide bonds. The van der Waals surface area contributed by atoms with Crippen LogP contribution in [0.25, 0.3) is 0 Å². The van der Waals surface area contributed by atoms with E-state index in [0.29, 0.717) is 39.3 Å². The minimum atomic E-state index is -0.319. The summed E-state index contributed by atoms with van der Waals surface area (Å²) in [6.45, 7) is 4.77. The minimum absolute atomic E-state index is 0.159. The van der Waals surface area contributed by atoms with Gasteiger partial charge in [-0.1, -0.05) is 12.1 Å². The normalized spacial score (nSPS) is 14.2. The molecule has 1 aromatic carbocycles. The number of ether oxygens (including phenoxy) is 1. The van der Waals surface area contributed by atoms with Crippen LogP contribution in [0.4, 0.5) is 15.3 Å². The lowest BCUT2D eigenvalue weighted by molar-refractivity contribution is 0.0868. The third kappa shape index (κ3) is 4.53. The number of nitrogens with one attached hydrogen (secondary N) is 1. The van der Waals surface area contributed by atoms with Crippen LogP contribution in [0.15, 0.2) is 42.7 Å². The third-order valence-electron chi connectivity index (χ3n) is 4.20. The first-order valence-electron chi connectivity index (χ1n) is 8.69. The number of hydrogen-bond donors (Lipinski definition) is 1. The van der Waals surface area contributed by atoms with Crippen molar-refractivity contribution in [2.24, 2.45) is 0 Å². The highest BCUT2D eigenvalue weighted by molar-refractivity contribution is 5.89. The Bertz CT molecular complexity index is 722. The van der Waals surface area contributed by atoms with Gasteiger partial charge in [0.15, 0.2) is 0 Å². The van der Waals surface area contributed by atoms with E-state index in [0.717, 1.165) is 11.3 Å². The molecule has 138 valence electrons. The number of anilines is 1. The second-order valence-corrected chi connectivity index (χ2v) is 6.00. The molecule has 0 bridgehead atoms. The summed E-state index contributed by atoms with van der Waals surface area (Å²) < 4.78 is 6.83. The quantitative estimate of drug-likeness (QED) is 0.910. The monoisotopic (exact) mass is 357 g/mol. The van der Waals surface area contributed by atoms with Gasteiger partial charge in [0.2, 0.25) is 0 Å². The van der Waals surface area contributed by atoms with Gasteiger partial charge in [0, 0.05) is 44.3 Å². The van der Waals surface area contributed by atoms with Crippen LogP contribution in [0.5, 0.6) is 0 Å². The molecule has 2 aromatic rings. The van der Waals surface area contributed by atoms with E-state index in [1.165, 1.54) is 0 Å². The molecular formula is C18H23N5O3. The molecule has 1 saturated heterocycles. The first-order valence-corrected chi connectivity index (χ1v) is 8.69. The lowest BCUT2D eigenvalue weighted by Crippen LogP contribution is -2.51. The van der Waals surface area contributed by atoms with E-state index in [9.17, 15) is 9.59 Å². The van der Waals surface area contributed by atoms with Gasteiger partial charge in [-0.3, -0.25) is 4.68 Å². The van der Waals surface area contributed by atoms with Gasteiger partial charge in [-0.15, -0.1) is 0 Å². The van der Waals surface area contributed by atoms with Crippen LogP contribution in [0, 0.1) is 0 Å². The smallest absolute Gasteiger partial charge is 0.409 e. The van der Waals surface area contributed by atoms with Crippen LogP contribution in [0.3, 0.4) is 0 Å². The van der Waals surface area contributed by atoms with Crippen LogP contribution in [-0.2, 0) is 11.3 Å². The van der Waals surface area contributed by atoms with E-state index in [1.807, 2.05) is 41.2 Å². The highest BCUT2D eigenvalue weighted by Crippen LogP contribution is 2.12. The molecule has 0 aliphatic carbocycles. The van der Waals surface area contributed by atoms with Gasteiger partial charge < -0.3 is 19.9 Å². The van der Waals surface area contributed by atoms with Gasteiger partial charge in [0.25, 0.3) is 0 Å². The van der Waals surface area contributed by atoms with Gasteiger partial charge in [-0.05, 0) is 30.7 Å². The molecule has 1 aliphatic heterocycles. The Morgan fingerprint density at radius 3 is 2.42 bits per heavy atom. The molecule has 1 aliphatic rings. The molecule has 8 heteroatoms. The summed E-state index contributed by atoms with van der Waals surface area (Å²) in [5, 5.41) is 7.07. The zero-order valence-electron chi connectivity index (χ0n) is 14.8. The van der Waals surface area contributed by atoms with Gasteiger partial charge in [-0.25, -0.2) is 9.59 Å². The van der Waals surface area contributed by atoms with Crippen molar-refractivity contribution in [3.05, 3.63) is 48.3 Å². The number of nitrogens with zero attached hydrogens (tertiary/aromatic N) is 4. The van der Waals surface area contributed by atoms with Crippen LogP contribution < -0.4 is 5.32 Å². The standard InChI is InChI=1S/C18H23N5O3/c1-2-26-18(25)22-12-10-21(11-13-22)17(24)20-16-6-4-15(5-7-16)14-23-9-3-8-19-23/h3-9H,2,10-14H2,1H3,(H,20,24). The molecule has 26 heavy (non-hydrogen) atoms. The Morgan fingerprint density at radius 2 is 1.81 bits per heavy atom. The zero-order chi connectivity index (χ0) is 18.4. The predicted octanol–water partition coefficient (Wildman–Crippen LogP) is 2.24. The maximum absolute atomic E-state index is 12.4. The van der Waals surface area contributed by atoms with Crippen molar-refractivity contribution in [1.29, 1.82) is 0 Å². The summed E-state index contributed by atoms with van der Waals surface area (Å²) in [5.41, 5.74) is 1.85. The Morgan fingerprint density at radius 1 is 1.12 bits per heavy atom. The van der Waals surface area contributed by atoms with Crippen LogP contribution in [0.2, 0.25) is 0 Å². The number of urea groups is 1. The fourth-order valence-electron chi connectivity index (χ4n) is 2.78. The average molecular weight is 357 g/mol. The Balaban J connectivity index is 1.48. The van der Waals surface area contributed by atoms with Crippen LogP contribution >= 0.6 is 0 Å². The summed E-state index contributed by atoms with van der Waals surface area (Å²) in [4.78, 5) is 27.4. The number of carbonyl (C=O) groups excluding carboxylic acids is 2. The van der Waals surface area contributed by atoms with Gasteiger partial charge in [-0.2, -0.15) is 5.10 Å². The Labute approximate surface area is 152 Å². The van der Waals surface area contributed by atoms with Crippen molar-refractivity contribution < 1.29 is 14.3 Å². The van der Waals surface area contributed by atoms with Crippen molar-refractivity contribution in [3.8, 4) is 0 Å². The van der Waals surface area contributed by atoms with E-state index >= 15 is 0 Å². The Kier molecular flexibility index (Phi) is 5.73. The molecule has 0 radical (unpaired) electrons. The number of amides is 3. The van der Waals surface area contributed by atoms with E-state index < -0.39 is 0 Å². The average Bonchev–Trinajstić information content (AvgIpc) is 3.17. The zero-order valence-corrected chi connectivity index (χ0v) is 14.8. The SMILES string of the molecule is CCOC(=O)N1CCN(C(=O)Nc2ccc(Cn3cccn3)cc2)CC1. The maximum atomic E-state index is 12.4. The molecule has 8 nitrogen and oxygen atoms in total. The topological polar surface area (TPSA) is 79.7 Å². The fourth-order valence-corrected chi connectivity index (χ4v) is 2.78. The fraction of sp³-hybridized carbons (Fsp3) is 0.389. The van der Waals surface area contributed by atoms with Crippen LogP contribution in [0.1, 0.15) is 12.5 Å². The number of carbonyl (C=O) groups is 2. The molecular weight excluding hydrogens is 334 g/mol. The number of aromatic nitrogens is 2. The first kappa shape index (κ1) is 17.8. The van der Waals surface area contributed by atoms with Crippen molar-refractivity contribution in [1.82, 2.24) is 19.6 Å². The summed E-state index contributed by atoms with van der Waals surface area (Å²) in [6.07, 6.45) is 3.34. The van der Waals surface area contributed by atoms with Crippen molar-refractivity contribution >= 4 is 17.8 Å². The number of hydrogen-bond acceptors (Lipinski definition) is 4. The molecule has 1 aromatic heterocycles. The van der Waals surface area contributed by atoms with E-state index in [2.05, 4.69) is 10.4 Å². The molecule has 0 unspecified atom stereocenters. The lowest BCUT2D eigenvalue weighted by Gasteiger charge is -2.34. The van der Waals surface area contributed by atoms with Gasteiger partial charge in [0.05, 0.1) is 13.2 Å². The molecule has 3 rings (SSSR count). The second-order valence-electron chi connectivity index (χ2n) is 6.00. The molecule has 1 N–H and O–H groups in total.